The number of rotatable bonds is 11. The summed E-state index contributed by atoms with van der Waals surface area (Å²) < 4.78 is 10.2. The van der Waals surface area contributed by atoms with Crippen LogP contribution in [0.25, 0.3) is 6.08 Å². The van der Waals surface area contributed by atoms with Crippen LogP contribution in [0.5, 0.6) is 5.75 Å². The average Bonchev–Trinajstić information content (AvgIpc) is 3.05. The van der Waals surface area contributed by atoms with Crippen molar-refractivity contribution in [2.75, 3.05) is 24.9 Å². The van der Waals surface area contributed by atoms with Crippen molar-refractivity contribution < 1.29 is 28.7 Å². The molecule has 0 fully saturated rings. The molecule has 0 bridgehead atoms. The fraction of sp³-hybridized carbons (Fsp3) is 0.118. The van der Waals surface area contributed by atoms with Gasteiger partial charge in [0.1, 0.15) is 11.4 Å². The number of hydrogen-bond acceptors (Lipinski definition) is 7. The topological polar surface area (TPSA) is 123 Å². The Bertz CT molecular complexity index is 1690. The number of amides is 3. The number of hydrogen-bond donors (Lipinski definition) is 3. The van der Waals surface area contributed by atoms with E-state index < -0.39 is 23.0 Å². The molecule has 4 aromatic rings. The van der Waals surface area contributed by atoms with Crippen LogP contribution in [0.2, 0.25) is 0 Å². The maximum atomic E-state index is 13.5. The van der Waals surface area contributed by atoms with Crippen molar-refractivity contribution in [1.82, 2.24) is 5.32 Å². The number of carbonyl (C=O) groups is 4. The summed E-state index contributed by atoms with van der Waals surface area (Å²) in [7, 11) is 2.80. The van der Waals surface area contributed by atoms with Gasteiger partial charge in [0.2, 0.25) is 5.91 Å². The predicted molar refractivity (Wildman–Crippen MR) is 172 cm³/mol. The molecule has 3 N–H and O–H groups in total. The van der Waals surface area contributed by atoms with E-state index in [0.29, 0.717) is 28.3 Å². The first-order valence-corrected chi connectivity index (χ1v) is 14.4. The third kappa shape index (κ3) is 8.36. The van der Waals surface area contributed by atoms with Crippen LogP contribution in [-0.2, 0) is 14.3 Å². The van der Waals surface area contributed by atoms with E-state index in [9.17, 15) is 19.2 Å². The zero-order valence-electron chi connectivity index (χ0n) is 24.3. The highest BCUT2D eigenvalue weighted by molar-refractivity contribution is 8.00. The first-order chi connectivity index (χ1) is 21.3. The molecule has 4 aromatic carbocycles. The van der Waals surface area contributed by atoms with Crippen molar-refractivity contribution in [1.29, 1.82) is 0 Å². The Kier molecular flexibility index (Phi) is 10.9. The summed E-state index contributed by atoms with van der Waals surface area (Å²) in [6, 6.07) is 29.3. The highest BCUT2D eigenvalue weighted by Gasteiger charge is 2.20. The van der Waals surface area contributed by atoms with Gasteiger partial charge in [-0.15, -0.1) is 11.8 Å². The Balaban J connectivity index is 1.50. The van der Waals surface area contributed by atoms with Crippen molar-refractivity contribution in [3.05, 3.63) is 126 Å². The lowest BCUT2D eigenvalue weighted by molar-refractivity contribution is -0.115. The van der Waals surface area contributed by atoms with Gasteiger partial charge in [0.25, 0.3) is 11.8 Å². The van der Waals surface area contributed by atoms with Gasteiger partial charge >= 0.3 is 5.97 Å². The van der Waals surface area contributed by atoms with Crippen LogP contribution in [0.15, 0.2) is 114 Å². The third-order valence-electron chi connectivity index (χ3n) is 6.33. The summed E-state index contributed by atoms with van der Waals surface area (Å²) >= 11 is 1.28. The number of ether oxygens (including phenoxy) is 2. The second-order valence-corrected chi connectivity index (χ2v) is 10.8. The zero-order valence-corrected chi connectivity index (χ0v) is 25.1. The lowest BCUT2D eigenvalue weighted by Crippen LogP contribution is -2.30. The Morgan fingerprint density at radius 1 is 0.795 bits per heavy atom. The highest BCUT2D eigenvalue weighted by Crippen LogP contribution is 2.28. The summed E-state index contributed by atoms with van der Waals surface area (Å²) in [4.78, 5) is 52.2. The van der Waals surface area contributed by atoms with Crippen LogP contribution in [0, 0.1) is 0 Å². The maximum Gasteiger partial charge on any atom is 0.339 e. The first kappa shape index (κ1) is 31.6. The summed E-state index contributed by atoms with van der Waals surface area (Å²) in [5, 5.41) is 7.80. The van der Waals surface area contributed by atoms with E-state index in [0.717, 1.165) is 4.90 Å². The normalized spacial score (nSPS) is 11.6. The lowest BCUT2D eigenvalue weighted by atomic mass is 10.1. The minimum atomic E-state index is -0.552. The summed E-state index contributed by atoms with van der Waals surface area (Å²) in [5.74, 6) is -1.32. The monoisotopic (exact) mass is 609 g/mol. The van der Waals surface area contributed by atoms with Gasteiger partial charge in [-0.1, -0.05) is 54.6 Å². The molecule has 0 saturated heterocycles. The van der Waals surface area contributed by atoms with Crippen LogP contribution in [0.1, 0.15) is 33.2 Å². The van der Waals surface area contributed by atoms with E-state index in [4.69, 9.17) is 9.47 Å². The molecule has 1 atom stereocenters. The molecule has 44 heavy (non-hydrogen) atoms. The molecule has 0 aromatic heterocycles. The molecule has 0 aliphatic heterocycles. The number of esters is 1. The second-order valence-electron chi connectivity index (χ2n) is 9.39. The Labute approximate surface area is 259 Å². The first-order valence-electron chi connectivity index (χ1n) is 13.6. The molecule has 0 radical (unpaired) electrons. The van der Waals surface area contributed by atoms with E-state index in [-0.39, 0.29) is 17.2 Å². The average molecular weight is 610 g/mol. The number of para-hydroxylation sites is 2. The van der Waals surface area contributed by atoms with Gasteiger partial charge in [-0.25, -0.2) is 4.79 Å². The smallest absolute Gasteiger partial charge is 0.339 e. The zero-order chi connectivity index (χ0) is 31.5. The Morgan fingerprint density at radius 3 is 2.25 bits per heavy atom. The fourth-order valence-electron chi connectivity index (χ4n) is 4.10. The summed E-state index contributed by atoms with van der Waals surface area (Å²) in [5.41, 5.74) is 2.07. The van der Waals surface area contributed by atoms with Crippen LogP contribution in [0.4, 0.5) is 11.4 Å². The standard InChI is InChI=1S/C34H31N3O6S/c1-22(31(38)36-28-18-9-8-17-27(28)34(41)43-3)44-26-16-11-15-25(21-26)35-33(40)29(20-24-14-7-10-19-30(24)42-2)37-32(39)23-12-5-4-6-13-23/h4-22H,1-3H3,(H,35,40)(H,36,38)(H,37,39)/b29-20+. The summed E-state index contributed by atoms with van der Waals surface area (Å²) in [6.45, 7) is 1.74. The largest absolute Gasteiger partial charge is 0.496 e. The van der Waals surface area contributed by atoms with Gasteiger partial charge < -0.3 is 25.4 Å². The SMILES string of the molecule is COC(=O)c1ccccc1NC(=O)C(C)Sc1cccc(NC(=O)/C(=C\c2ccccc2OC)NC(=O)c2ccccc2)c1. The fourth-order valence-corrected chi connectivity index (χ4v) is 5.03. The van der Waals surface area contributed by atoms with Crippen molar-refractivity contribution in [3.63, 3.8) is 0 Å². The van der Waals surface area contributed by atoms with Gasteiger partial charge in [-0.2, -0.15) is 0 Å². The van der Waals surface area contributed by atoms with E-state index >= 15 is 0 Å². The molecule has 224 valence electrons. The van der Waals surface area contributed by atoms with Gasteiger partial charge in [-0.3, -0.25) is 14.4 Å². The van der Waals surface area contributed by atoms with Crippen LogP contribution < -0.4 is 20.7 Å². The molecule has 0 spiro atoms. The van der Waals surface area contributed by atoms with Gasteiger partial charge in [0, 0.05) is 21.7 Å². The van der Waals surface area contributed by atoms with Crippen molar-refractivity contribution in [2.45, 2.75) is 17.1 Å². The minimum absolute atomic E-state index is 0.0124. The van der Waals surface area contributed by atoms with Crippen molar-refractivity contribution in [2.24, 2.45) is 0 Å². The molecule has 0 aliphatic carbocycles. The number of anilines is 2. The van der Waals surface area contributed by atoms with Gasteiger partial charge in [-0.05, 0) is 61.5 Å². The van der Waals surface area contributed by atoms with Crippen LogP contribution in [-0.4, -0.2) is 43.2 Å². The molecule has 0 heterocycles. The van der Waals surface area contributed by atoms with E-state index in [1.807, 2.05) is 6.07 Å². The molecule has 1 unspecified atom stereocenters. The summed E-state index contributed by atoms with van der Waals surface area (Å²) in [6.07, 6.45) is 1.55. The Morgan fingerprint density at radius 2 is 1.50 bits per heavy atom. The molecule has 9 nitrogen and oxygen atoms in total. The van der Waals surface area contributed by atoms with Gasteiger partial charge in [0.05, 0.1) is 30.7 Å². The quantitative estimate of drug-likeness (QED) is 0.108. The number of methoxy groups -OCH3 is 2. The third-order valence-corrected chi connectivity index (χ3v) is 7.43. The van der Waals surface area contributed by atoms with Crippen molar-refractivity contribution in [3.8, 4) is 5.75 Å². The second kappa shape index (κ2) is 15.2. The Hall–Kier alpha value is -5.35. The molecule has 4 rings (SSSR count). The van der Waals surface area contributed by atoms with Crippen molar-refractivity contribution >= 4 is 52.9 Å². The molecular formula is C34H31N3O6S. The molecule has 0 saturated carbocycles. The van der Waals surface area contributed by atoms with Crippen LogP contribution in [0.3, 0.4) is 0 Å². The highest BCUT2D eigenvalue weighted by atomic mass is 32.2. The number of nitrogens with one attached hydrogen (secondary N) is 3. The van der Waals surface area contributed by atoms with E-state index in [2.05, 4.69) is 16.0 Å². The minimum Gasteiger partial charge on any atom is -0.496 e. The number of thioether (sulfide) groups is 1. The van der Waals surface area contributed by atoms with Crippen LogP contribution >= 0.6 is 11.8 Å². The number of carbonyl (C=O) groups excluding carboxylic acids is 4. The van der Waals surface area contributed by atoms with Gasteiger partial charge in [0.15, 0.2) is 0 Å². The molecule has 3 amide bonds. The van der Waals surface area contributed by atoms with E-state index in [1.54, 1.807) is 110 Å². The molecule has 10 heteroatoms. The molecular weight excluding hydrogens is 578 g/mol. The maximum absolute atomic E-state index is 13.5. The lowest BCUT2D eigenvalue weighted by Gasteiger charge is -2.15. The van der Waals surface area contributed by atoms with E-state index in [1.165, 1.54) is 26.0 Å². The molecule has 0 aliphatic rings. The predicted octanol–water partition coefficient (Wildman–Crippen LogP) is 6.01. The number of benzene rings is 4.